The Morgan fingerprint density at radius 3 is 2.41 bits per heavy atom. The van der Waals surface area contributed by atoms with Crippen LogP contribution in [-0.4, -0.2) is 22.5 Å². The second kappa shape index (κ2) is 7.02. The Labute approximate surface area is 134 Å². The summed E-state index contributed by atoms with van der Waals surface area (Å²) in [5.74, 6) is 0.961. The molecule has 0 fully saturated rings. The fourth-order valence-corrected chi connectivity index (χ4v) is 1.84. The third kappa shape index (κ3) is 4.38. The van der Waals surface area contributed by atoms with E-state index in [2.05, 4.69) is 15.3 Å². The minimum absolute atomic E-state index is 0.0348. The van der Waals surface area contributed by atoms with E-state index in [9.17, 15) is 13.2 Å². The molecule has 1 heterocycles. The van der Waals surface area contributed by atoms with Crippen LogP contribution in [0.1, 0.15) is 5.56 Å². The summed E-state index contributed by atoms with van der Waals surface area (Å²) in [5, 5.41) is 2.09. The molecule has 2 rings (SSSR count). The van der Waals surface area contributed by atoms with Gasteiger partial charge in [0.15, 0.2) is 0 Å². The molecule has 9 heteroatoms. The molecule has 0 aliphatic heterocycles. The molecule has 118 valence electrons. The Hall–Kier alpha value is -1.73. The van der Waals surface area contributed by atoms with E-state index < -0.39 is 16.9 Å². The van der Waals surface area contributed by atoms with Gasteiger partial charge in [0.1, 0.15) is 23.1 Å². The first-order valence-corrected chi connectivity index (χ1v) is 6.97. The Bertz CT molecular complexity index is 635. The number of anilines is 2. The molecule has 1 aromatic carbocycles. The van der Waals surface area contributed by atoms with Gasteiger partial charge in [0.25, 0.3) is 0 Å². The van der Waals surface area contributed by atoms with Crippen molar-refractivity contribution >= 4 is 34.8 Å². The van der Waals surface area contributed by atoms with Gasteiger partial charge in [-0.15, -0.1) is 11.6 Å². The molecule has 0 atom stereocenters. The van der Waals surface area contributed by atoms with Crippen LogP contribution >= 0.6 is 23.2 Å². The van der Waals surface area contributed by atoms with Gasteiger partial charge in [0, 0.05) is 11.9 Å². The summed E-state index contributed by atoms with van der Waals surface area (Å²) in [7, 11) is 0. The maximum Gasteiger partial charge on any atom is 0.420 e. The van der Waals surface area contributed by atoms with Gasteiger partial charge in [-0.3, -0.25) is 0 Å². The van der Waals surface area contributed by atoms with Crippen LogP contribution in [0.2, 0.25) is 5.15 Å². The molecule has 0 unspecified atom stereocenters. The van der Waals surface area contributed by atoms with E-state index in [-0.39, 0.29) is 5.95 Å². The maximum absolute atomic E-state index is 12.5. The molecular weight excluding hydrogens is 342 g/mol. The Morgan fingerprint density at radius 2 is 1.86 bits per heavy atom. The van der Waals surface area contributed by atoms with Gasteiger partial charge in [-0.05, 0) is 24.3 Å². The predicted molar refractivity (Wildman–Crippen MR) is 78.0 cm³/mol. The lowest BCUT2D eigenvalue weighted by molar-refractivity contribution is -0.137. The number of alkyl halides is 4. The predicted octanol–water partition coefficient (Wildman–Crippen LogP) is 4.51. The summed E-state index contributed by atoms with van der Waals surface area (Å²) in [6.07, 6.45) is -3.95. The Balaban J connectivity index is 2.09. The number of nitrogens with zero attached hydrogens (tertiary/aromatic N) is 2. The van der Waals surface area contributed by atoms with Crippen molar-refractivity contribution in [1.82, 2.24) is 9.97 Å². The number of aromatic nitrogens is 2. The van der Waals surface area contributed by atoms with Crippen LogP contribution in [0.4, 0.5) is 24.8 Å². The molecule has 0 radical (unpaired) electrons. The highest BCUT2D eigenvalue weighted by atomic mass is 35.5. The first kappa shape index (κ1) is 16.6. The van der Waals surface area contributed by atoms with Crippen molar-refractivity contribution in [2.24, 2.45) is 0 Å². The Morgan fingerprint density at radius 1 is 1.18 bits per heavy atom. The maximum atomic E-state index is 12.5. The van der Waals surface area contributed by atoms with Gasteiger partial charge in [0.2, 0.25) is 5.95 Å². The number of hydrogen-bond donors (Lipinski definition) is 1. The molecule has 2 aromatic rings. The fourth-order valence-electron chi connectivity index (χ4n) is 1.53. The van der Waals surface area contributed by atoms with E-state index in [1.54, 1.807) is 24.3 Å². The van der Waals surface area contributed by atoms with Crippen LogP contribution in [0.25, 0.3) is 0 Å². The molecular formula is C13H10Cl2F3N3O. The SMILES string of the molecule is FC(F)(F)c1cnc(Nc2ccc(OCCCl)cc2)nc1Cl. The van der Waals surface area contributed by atoms with Gasteiger partial charge in [-0.2, -0.15) is 13.2 Å². The monoisotopic (exact) mass is 351 g/mol. The Kier molecular flexibility index (Phi) is 5.31. The lowest BCUT2D eigenvalue weighted by atomic mass is 10.3. The van der Waals surface area contributed by atoms with Crippen LogP contribution in [0, 0.1) is 0 Å². The second-order valence-electron chi connectivity index (χ2n) is 4.08. The summed E-state index contributed by atoms with van der Waals surface area (Å²) in [4.78, 5) is 7.18. The lowest BCUT2D eigenvalue weighted by Crippen LogP contribution is -2.09. The van der Waals surface area contributed by atoms with E-state index in [1.165, 1.54) is 0 Å². The van der Waals surface area contributed by atoms with Gasteiger partial charge < -0.3 is 10.1 Å². The van der Waals surface area contributed by atoms with Crippen molar-refractivity contribution < 1.29 is 17.9 Å². The lowest BCUT2D eigenvalue weighted by Gasteiger charge is -2.10. The van der Waals surface area contributed by atoms with Crippen LogP contribution in [0.5, 0.6) is 5.75 Å². The van der Waals surface area contributed by atoms with Crippen molar-refractivity contribution in [1.29, 1.82) is 0 Å². The average molecular weight is 352 g/mol. The molecule has 0 bridgehead atoms. The second-order valence-corrected chi connectivity index (χ2v) is 4.82. The van der Waals surface area contributed by atoms with E-state index in [0.29, 0.717) is 30.1 Å². The quantitative estimate of drug-likeness (QED) is 0.635. The summed E-state index contributed by atoms with van der Waals surface area (Å²) in [6.45, 7) is 0.381. The van der Waals surface area contributed by atoms with Crippen molar-refractivity contribution in [2.45, 2.75) is 6.18 Å². The highest BCUT2D eigenvalue weighted by molar-refractivity contribution is 6.30. The molecule has 1 aromatic heterocycles. The van der Waals surface area contributed by atoms with Crippen LogP contribution < -0.4 is 10.1 Å². The standard InChI is InChI=1S/C13H10Cl2F3N3O/c14-5-6-22-9-3-1-8(2-4-9)20-12-19-7-10(11(15)21-12)13(16,17)18/h1-4,7H,5-6H2,(H,19,20,21). The first-order valence-electron chi connectivity index (χ1n) is 6.06. The fraction of sp³-hybridized carbons (Fsp3) is 0.231. The molecule has 0 amide bonds. The number of benzene rings is 1. The zero-order valence-electron chi connectivity index (χ0n) is 11.0. The van der Waals surface area contributed by atoms with E-state index in [4.69, 9.17) is 27.9 Å². The minimum atomic E-state index is -4.59. The number of ether oxygens (including phenoxy) is 1. The van der Waals surface area contributed by atoms with Gasteiger partial charge >= 0.3 is 6.18 Å². The largest absolute Gasteiger partial charge is 0.492 e. The normalized spacial score (nSPS) is 11.3. The molecule has 0 aliphatic carbocycles. The van der Waals surface area contributed by atoms with Gasteiger partial charge in [-0.25, -0.2) is 9.97 Å². The van der Waals surface area contributed by atoms with Crippen molar-refractivity contribution in [3.63, 3.8) is 0 Å². The van der Waals surface area contributed by atoms with Crippen LogP contribution in [-0.2, 0) is 6.18 Å². The molecule has 0 spiro atoms. The number of hydrogen-bond acceptors (Lipinski definition) is 4. The molecule has 22 heavy (non-hydrogen) atoms. The zero-order chi connectivity index (χ0) is 16.2. The first-order chi connectivity index (χ1) is 10.4. The molecule has 0 aliphatic rings. The van der Waals surface area contributed by atoms with E-state index in [0.717, 1.165) is 0 Å². The third-order valence-electron chi connectivity index (χ3n) is 2.50. The third-order valence-corrected chi connectivity index (χ3v) is 2.95. The molecule has 1 N–H and O–H groups in total. The minimum Gasteiger partial charge on any atom is -0.492 e. The van der Waals surface area contributed by atoms with Gasteiger partial charge in [0.05, 0.1) is 5.88 Å². The smallest absolute Gasteiger partial charge is 0.420 e. The number of halogens is 5. The highest BCUT2D eigenvalue weighted by Gasteiger charge is 2.34. The van der Waals surface area contributed by atoms with Crippen LogP contribution in [0.15, 0.2) is 30.5 Å². The highest BCUT2D eigenvalue weighted by Crippen LogP contribution is 2.33. The molecule has 0 saturated heterocycles. The molecule has 4 nitrogen and oxygen atoms in total. The summed E-state index contributed by atoms with van der Waals surface area (Å²) < 4.78 is 42.9. The van der Waals surface area contributed by atoms with Gasteiger partial charge in [-0.1, -0.05) is 11.6 Å². The topological polar surface area (TPSA) is 47.0 Å². The summed E-state index contributed by atoms with van der Waals surface area (Å²) >= 11 is 11.0. The van der Waals surface area contributed by atoms with Crippen LogP contribution in [0.3, 0.4) is 0 Å². The van der Waals surface area contributed by atoms with E-state index in [1.807, 2.05) is 0 Å². The number of rotatable bonds is 5. The summed E-state index contributed by atoms with van der Waals surface area (Å²) in [5.41, 5.74) is -0.501. The molecule has 0 saturated carbocycles. The van der Waals surface area contributed by atoms with Crippen molar-refractivity contribution in [2.75, 3.05) is 17.8 Å². The summed E-state index contributed by atoms with van der Waals surface area (Å²) in [6, 6.07) is 6.69. The average Bonchev–Trinajstić information content (AvgIpc) is 2.45. The number of nitrogens with one attached hydrogen (secondary N) is 1. The van der Waals surface area contributed by atoms with Crippen molar-refractivity contribution in [3.8, 4) is 5.75 Å². The van der Waals surface area contributed by atoms with Crippen molar-refractivity contribution in [3.05, 3.63) is 41.2 Å². The van der Waals surface area contributed by atoms with E-state index >= 15 is 0 Å². The zero-order valence-corrected chi connectivity index (χ0v) is 12.5.